The van der Waals surface area contributed by atoms with Crippen LogP contribution in [0.3, 0.4) is 0 Å². The molecule has 0 aliphatic heterocycles. The third-order valence-corrected chi connectivity index (χ3v) is 2.11. The molecule has 0 radical (unpaired) electrons. The molecule has 0 atom stereocenters. The van der Waals surface area contributed by atoms with Crippen LogP contribution in [0.1, 0.15) is 28.4 Å². The molecular formula is C11H14N2O3. The molecule has 5 nitrogen and oxygen atoms in total. The quantitative estimate of drug-likeness (QED) is 0.734. The van der Waals surface area contributed by atoms with Crippen LogP contribution in [0.15, 0.2) is 18.2 Å². The van der Waals surface area contributed by atoms with Crippen molar-refractivity contribution in [3.8, 4) is 0 Å². The molecule has 0 saturated heterocycles. The normalized spacial score (nSPS) is 9.88. The highest BCUT2D eigenvalue weighted by atomic mass is 16.6. The topological polar surface area (TPSA) is 81.4 Å². The Bertz CT molecular complexity index is 416. The van der Waals surface area contributed by atoms with Gasteiger partial charge in [-0.25, -0.2) is 5.48 Å². The third kappa shape index (κ3) is 3.06. The molecule has 0 unspecified atom stereocenters. The average Bonchev–Trinajstić information content (AvgIpc) is 2.19. The highest BCUT2D eigenvalue weighted by Gasteiger charge is 2.10. The zero-order valence-electron chi connectivity index (χ0n) is 9.24. The van der Waals surface area contributed by atoms with Crippen molar-refractivity contribution in [1.82, 2.24) is 5.48 Å². The summed E-state index contributed by atoms with van der Waals surface area (Å²) in [4.78, 5) is 26.7. The van der Waals surface area contributed by atoms with Crippen LogP contribution in [0.2, 0.25) is 0 Å². The van der Waals surface area contributed by atoms with Crippen molar-refractivity contribution in [3.63, 3.8) is 0 Å². The van der Waals surface area contributed by atoms with Crippen molar-refractivity contribution in [2.75, 3.05) is 0 Å². The first-order chi connectivity index (χ1) is 7.52. The number of hydrogen-bond acceptors (Lipinski definition) is 3. The van der Waals surface area contributed by atoms with E-state index in [4.69, 9.17) is 10.6 Å². The van der Waals surface area contributed by atoms with Gasteiger partial charge in [0.25, 0.3) is 0 Å². The molecule has 0 aliphatic rings. The zero-order valence-corrected chi connectivity index (χ0v) is 9.24. The minimum Gasteiger partial charge on any atom is -0.366 e. The second-order valence-corrected chi connectivity index (χ2v) is 3.41. The van der Waals surface area contributed by atoms with E-state index in [0.717, 1.165) is 5.56 Å². The van der Waals surface area contributed by atoms with Gasteiger partial charge in [0.2, 0.25) is 11.8 Å². The lowest BCUT2D eigenvalue weighted by molar-refractivity contribution is -0.132. The van der Waals surface area contributed by atoms with Gasteiger partial charge < -0.3 is 5.73 Å². The van der Waals surface area contributed by atoms with Gasteiger partial charge in [-0.3, -0.25) is 14.4 Å². The minimum absolute atomic E-state index is 0.116. The van der Waals surface area contributed by atoms with Crippen molar-refractivity contribution in [2.24, 2.45) is 5.73 Å². The number of amides is 2. The molecule has 86 valence electrons. The van der Waals surface area contributed by atoms with Gasteiger partial charge in [0, 0.05) is 12.5 Å². The Kier molecular flexibility index (Phi) is 4.02. The lowest BCUT2D eigenvalue weighted by Gasteiger charge is -2.10. The standard InChI is InChI=1S/C11H14N2O3/c1-7-4-3-5-9(11(12)15)10(7)6-16-13-8(2)14/h3-5H,6H2,1-2H3,(H2,12,15)(H,13,14). The van der Waals surface area contributed by atoms with Gasteiger partial charge in [-0.2, -0.15) is 0 Å². The summed E-state index contributed by atoms with van der Waals surface area (Å²) in [7, 11) is 0. The van der Waals surface area contributed by atoms with Crippen LogP contribution in [0.4, 0.5) is 0 Å². The van der Waals surface area contributed by atoms with E-state index in [1.807, 2.05) is 13.0 Å². The summed E-state index contributed by atoms with van der Waals surface area (Å²) in [6.45, 7) is 3.30. The van der Waals surface area contributed by atoms with Crippen LogP contribution >= 0.6 is 0 Å². The second kappa shape index (κ2) is 5.27. The predicted molar refractivity (Wildman–Crippen MR) is 58.3 cm³/mol. The number of carbonyl (C=O) groups is 2. The second-order valence-electron chi connectivity index (χ2n) is 3.41. The number of hydrogen-bond donors (Lipinski definition) is 2. The van der Waals surface area contributed by atoms with Crippen LogP contribution in [-0.4, -0.2) is 11.8 Å². The largest absolute Gasteiger partial charge is 0.366 e. The van der Waals surface area contributed by atoms with Crippen molar-refractivity contribution in [2.45, 2.75) is 20.5 Å². The SMILES string of the molecule is CC(=O)NOCc1c(C)cccc1C(N)=O. The lowest BCUT2D eigenvalue weighted by atomic mass is 10.0. The zero-order chi connectivity index (χ0) is 12.1. The summed E-state index contributed by atoms with van der Waals surface area (Å²) < 4.78 is 0. The smallest absolute Gasteiger partial charge is 0.249 e. The number of aryl methyl sites for hydroxylation is 1. The van der Waals surface area contributed by atoms with E-state index in [1.165, 1.54) is 6.92 Å². The summed E-state index contributed by atoms with van der Waals surface area (Å²) in [5.41, 5.74) is 9.41. The number of benzene rings is 1. The van der Waals surface area contributed by atoms with Crippen LogP contribution in [-0.2, 0) is 16.2 Å². The Hall–Kier alpha value is -1.88. The summed E-state index contributed by atoms with van der Waals surface area (Å²) in [6.07, 6.45) is 0. The van der Waals surface area contributed by atoms with E-state index in [1.54, 1.807) is 12.1 Å². The van der Waals surface area contributed by atoms with Crippen molar-refractivity contribution in [1.29, 1.82) is 0 Å². The van der Waals surface area contributed by atoms with E-state index >= 15 is 0 Å². The number of rotatable bonds is 4. The van der Waals surface area contributed by atoms with Crippen molar-refractivity contribution in [3.05, 3.63) is 34.9 Å². The lowest BCUT2D eigenvalue weighted by Crippen LogP contribution is -2.22. The molecule has 1 rings (SSSR count). The number of primary amides is 1. The fourth-order valence-electron chi connectivity index (χ4n) is 1.33. The maximum absolute atomic E-state index is 11.2. The van der Waals surface area contributed by atoms with Crippen LogP contribution in [0.5, 0.6) is 0 Å². The Labute approximate surface area is 93.5 Å². The highest BCUT2D eigenvalue weighted by Crippen LogP contribution is 2.14. The molecule has 1 aromatic carbocycles. The van der Waals surface area contributed by atoms with E-state index in [-0.39, 0.29) is 12.5 Å². The van der Waals surface area contributed by atoms with E-state index in [0.29, 0.717) is 11.1 Å². The van der Waals surface area contributed by atoms with Crippen molar-refractivity contribution < 1.29 is 14.4 Å². The Morgan fingerprint density at radius 2 is 2.12 bits per heavy atom. The maximum Gasteiger partial charge on any atom is 0.249 e. The van der Waals surface area contributed by atoms with Gasteiger partial charge in [-0.1, -0.05) is 12.1 Å². The molecule has 16 heavy (non-hydrogen) atoms. The summed E-state index contributed by atoms with van der Waals surface area (Å²) in [5.74, 6) is -0.806. The molecule has 0 heterocycles. The first-order valence-electron chi connectivity index (χ1n) is 4.79. The van der Waals surface area contributed by atoms with Gasteiger partial charge in [0.15, 0.2) is 0 Å². The molecule has 0 spiro atoms. The fourth-order valence-corrected chi connectivity index (χ4v) is 1.33. The molecule has 0 aliphatic carbocycles. The molecule has 0 fully saturated rings. The van der Waals surface area contributed by atoms with Gasteiger partial charge in [-0.15, -0.1) is 0 Å². The number of nitrogens with two attached hydrogens (primary N) is 1. The molecular weight excluding hydrogens is 208 g/mol. The van der Waals surface area contributed by atoms with E-state index < -0.39 is 5.91 Å². The van der Waals surface area contributed by atoms with Gasteiger partial charge in [0.1, 0.15) is 6.61 Å². The summed E-state index contributed by atoms with van der Waals surface area (Å²) in [6, 6.07) is 5.22. The minimum atomic E-state index is -0.509. The molecule has 0 saturated carbocycles. The number of nitrogens with one attached hydrogen (secondary N) is 1. The Morgan fingerprint density at radius 1 is 1.44 bits per heavy atom. The average molecular weight is 222 g/mol. The van der Waals surface area contributed by atoms with Crippen molar-refractivity contribution >= 4 is 11.8 Å². The first kappa shape index (κ1) is 12.2. The molecule has 3 N–H and O–H groups in total. The van der Waals surface area contributed by atoms with Gasteiger partial charge in [0.05, 0.1) is 0 Å². The van der Waals surface area contributed by atoms with Gasteiger partial charge in [-0.05, 0) is 24.1 Å². The van der Waals surface area contributed by atoms with E-state index in [2.05, 4.69) is 5.48 Å². The van der Waals surface area contributed by atoms with Gasteiger partial charge >= 0.3 is 0 Å². The Morgan fingerprint density at radius 3 is 2.69 bits per heavy atom. The highest BCUT2D eigenvalue weighted by molar-refractivity contribution is 5.94. The van der Waals surface area contributed by atoms with Crippen LogP contribution in [0.25, 0.3) is 0 Å². The Balaban J connectivity index is 2.84. The number of hydroxylamine groups is 1. The molecule has 1 aromatic rings. The fraction of sp³-hybridized carbons (Fsp3) is 0.273. The third-order valence-electron chi connectivity index (χ3n) is 2.11. The molecule has 0 aromatic heterocycles. The van der Waals surface area contributed by atoms with Crippen LogP contribution in [0, 0.1) is 6.92 Å². The first-order valence-corrected chi connectivity index (χ1v) is 4.79. The van der Waals surface area contributed by atoms with Crippen LogP contribution < -0.4 is 11.2 Å². The van der Waals surface area contributed by atoms with E-state index in [9.17, 15) is 9.59 Å². The predicted octanol–water partition coefficient (Wildman–Crippen LogP) is 0.662. The molecule has 2 amide bonds. The number of carbonyl (C=O) groups excluding carboxylic acids is 2. The summed E-state index contributed by atoms with van der Waals surface area (Å²) in [5, 5.41) is 0. The molecule has 5 heteroatoms. The summed E-state index contributed by atoms with van der Waals surface area (Å²) >= 11 is 0. The molecule has 0 bridgehead atoms. The maximum atomic E-state index is 11.2. The monoisotopic (exact) mass is 222 g/mol.